The molecule has 0 bridgehead atoms. The summed E-state index contributed by atoms with van der Waals surface area (Å²) in [6, 6.07) is 12.6. The van der Waals surface area contributed by atoms with Crippen LogP contribution in [-0.2, 0) is 4.79 Å². The van der Waals surface area contributed by atoms with Gasteiger partial charge in [0.1, 0.15) is 0 Å². The number of amides is 1. The first kappa shape index (κ1) is 14.9. The number of anilines is 2. The lowest BCUT2D eigenvalue weighted by molar-refractivity contribution is -0.111. The first-order valence-corrected chi connectivity index (χ1v) is 7.30. The first-order valence-electron chi connectivity index (χ1n) is 5.84. The highest BCUT2D eigenvalue weighted by Gasteiger charge is 2.03. The monoisotopic (exact) mass is 398 g/mol. The Morgan fingerprint density at radius 3 is 2.75 bits per heavy atom. The Hall–Kier alpha value is -1.53. The number of nitrogens with one attached hydrogen (secondary N) is 1. The minimum absolute atomic E-state index is 0.201. The molecule has 3 N–H and O–H groups in total. The normalized spacial score (nSPS) is 10.7. The van der Waals surface area contributed by atoms with Crippen LogP contribution in [0.4, 0.5) is 11.4 Å². The summed E-state index contributed by atoms with van der Waals surface area (Å²) in [5.74, 6) is -0.201. The van der Waals surface area contributed by atoms with Crippen molar-refractivity contribution < 1.29 is 4.79 Å². The molecule has 102 valence electrons. The molecule has 0 unspecified atom stereocenters. The van der Waals surface area contributed by atoms with Crippen LogP contribution in [0.3, 0.4) is 0 Å². The van der Waals surface area contributed by atoms with Crippen molar-refractivity contribution in [2.45, 2.75) is 0 Å². The molecule has 0 heterocycles. The Bertz CT molecular complexity index is 671. The molecule has 0 aliphatic carbocycles. The largest absolute Gasteiger partial charge is 0.399 e. The van der Waals surface area contributed by atoms with Gasteiger partial charge in [-0.3, -0.25) is 4.79 Å². The van der Waals surface area contributed by atoms with Crippen molar-refractivity contribution in [3.05, 3.63) is 62.7 Å². The second-order valence-corrected chi connectivity index (χ2v) is 5.72. The van der Waals surface area contributed by atoms with Crippen LogP contribution < -0.4 is 11.1 Å². The number of carbonyl (C=O) groups excluding carboxylic acids is 1. The van der Waals surface area contributed by atoms with E-state index in [9.17, 15) is 4.79 Å². The van der Waals surface area contributed by atoms with Gasteiger partial charge >= 0.3 is 0 Å². The lowest BCUT2D eigenvalue weighted by Gasteiger charge is -2.05. The summed E-state index contributed by atoms with van der Waals surface area (Å²) < 4.78 is 0.890. The lowest BCUT2D eigenvalue weighted by atomic mass is 10.2. The van der Waals surface area contributed by atoms with Crippen LogP contribution in [0, 0.1) is 3.57 Å². The van der Waals surface area contributed by atoms with Crippen molar-refractivity contribution in [1.82, 2.24) is 0 Å². The molecular weight excluding hydrogens is 387 g/mol. The molecule has 0 spiro atoms. The Labute approximate surface area is 136 Å². The van der Waals surface area contributed by atoms with Gasteiger partial charge < -0.3 is 11.1 Å². The summed E-state index contributed by atoms with van der Waals surface area (Å²) in [6.07, 6.45) is 3.19. The molecule has 2 rings (SSSR count). The molecule has 3 nitrogen and oxygen atoms in total. The second kappa shape index (κ2) is 6.76. The summed E-state index contributed by atoms with van der Waals surface area (Å²) in [5, 5.41) is 3.44. The van der Waals surface area contributed by atoms with E-state index in [4.69, 9.17) is 17.3 Å². The SMILES string of the molecule is Nc1cccc(/C=C/C(=O)Nc2ccc(Cl)cc2I)c1. The van der Waals surface area contributed by atoms with E-state index in [-0.39, 0.29) is 5.91 Å². The molecule has 0 atom stereocenters. The second-order valence-electron chi connectivity index (χ2n) is 4.12. The van der Waals surface area contributed by atoms with E-state index in [1.165, 1.54) is 6.08 Å². The first-order chi connectivity index (χ1) is 9.54. The fraction of sp³-hybridized carbons (Fsp3) is 0. The molecule has 1 amide bonds. The predicted molar refractivity (Wildman–Crippen MR) is 92.7 cm³/mol. The third kappa shape index (κ3) is 4.25. The van der Waals surface area contributed by atoms with Crippen LogP contribution >= 0.6 is 34.2 Å². The third-order valence-corrected chi connectivity index (χ3v) is 3.65. The molecule has 2 aromatic carbocycles. The fourth-order valence-corrected chi connectivity index (χ4v) is 2.61. The van der Waals surface area contributed by atoms with Gasteiger partial charge in [0.05, 0.1) is 5.69 Å². The molecule has 5 heteroatoms. The van der Waals surface area contributed by atoms with Gasteiger partial charge in [0.25, 0.3) is 0 Å². The zero-order chi connectivity index (χ0) is 14.5. The van der Waals surface area contributed by atoms with E-state index in [1.807, 2.05) is 12.1 Å². The number of hydrogen-bond acceptors (Lipinski definition) is 2. The van der Waals surface area contributed by atoms with E-state index in [0.29, 0.717) is 10.7 Å². The quantitative estimate of drug-likeness (QED) is 0.463. The highest BCUT2D eigenvalue weighted by atomic mass is 127. The van der Waals surface area contributed by atoms with E-state index in [2.05, 4.69) is 27.9 Å². The minimum Gasteiger partial charge on any atom is -0.399 e. The van der Waals surface area contributed by atoms with Crippen LogP contribution in [0.25, 0.3) is 6.08 Å². The van der Waals surface area contributed by atoms with Crippen molar-refractivity contribution >= 4 is 57.5 Å². The van der Waals surface area contributed by atoms with Gasteiger partial charge in [0, 0.05) is 20.4 Å². The van der Waals surface area contributed by atoms with Crippen LogP contribution in [0.2, 0.25) is 5.02 Å². The van der Waals surface area contributed by atoms with Gasteiger partial charge in [0.15, 0.2) is 0 Å². The summed E-state index contributed by atoms with van der Waals surface area (Å²) >= 11 is 7.99. The molecule has 0 radical (unpaired) electrons. The topological polar surface area (TPSA) is 55.1 Å². The van der Waals surface area contributed by atoms with Crippen LogP contribution in [-0.4, -0.2) is 5.91 Å². The fourth-order valence-electron chi connectivity index (χ4n) is 1.60. The maximum Gasteiger partial charge on any atom is 0.248 e. The molecular formula is C15H12ClIN2O. The van der Waals surface area contributed by atoms with Gasteiger partial charge in [-0.15, -0.1) is 0 Å². The number of nitrogens with two attached hydrogens (primary N) is 1. The number of hydrogen-bond donors (Lipinski definition) is 2. The van der Waals surface area contributed by atoms with Crippen molar-refractivity contribution in [2.75, 3.05) is 11.1 Å². The Morgan fingerprint density at radius 1 is 1.25 bits per heavy atom. The van der Waals surface area contributed by atoms with Crippen molar-refractivity contribution in [3.63, 3.8) is 0 Å². The Kier molecular flexibility index (Phi) is 5.03. The van der Waals surface area contributed by atoms with Crippen LogP contribution in [0.15, 0.2) is 48.5 Å². The molecule has 20 heavy (non-hydrogen) atoms. The molecule has 0 aliphatic rings. The summed E-state index contributed by atoms with van der Waals surface area (Å²) in [5.41, 5.74) is 7.96. The number of rotatable bonds is 3. The van der Waals surface area contributed by atoms with Gasteiger partial charge in [-0.1, -0.05) is 23.7 Å². The number of carbonyl (C=O) groups is 1. The maximum absolute atomic E-state index is 11.8. The molecule has 0 saturated heterocycles. The van der Waals surface area contributed by atoms with E-state index in [1.54, 1.807) is 36.4 Å². The molecule has 0 aromatic heterocycles. The highest BCUT2D eigenvalue weighted by Crippen LogP contribution is 2.22. The number of halogens is 2. The van der Waals surface area contributed by atoms with Crippen LogP contribution in [0.5, 0.6) is 0 Å². The van der Waals surface area contributed by atoms with Gasteiger partial charge in [-0.25, -0.2) is 0 Å². The van der Waals surface area contributed by atoms with Crippen LogP contribution in [0.1, 0.15) is 5.56 Å². The summed E-state index contributed by atoms with van der Waals surface area (Å²) in [7, 11) is 0. The predicted octanol–water partition coefficient (Wildman–Crippen LogP) is 4.18. The smallest absolute Gasteiger partial charge is 0.248 e. The van der Waals surface area contributed by atoms with Gasteiger partial charge in [-0.2, -0.15) is 0 Å². The van der Waals surface area contributed by atoms with Crippen molar-refractivity contribution in [1.29, 1.82) is 0 Å². The number of nitrogen functional groups attached to an aromatic ring is 1. The maximum atomic E-state index is 11.8. The summed E-state index contributed by atoms with van der Waals surface area (Å²) in [6.45, 7) is 0. The Balaban J connectivity index is 2.05. The zero-order valence-corrected chi connectivity index (χ0v) is 13.4. The van der Waals surface area contributed by atoms with Crippen molar-refractivity contribution in [3.8, 4) is 0 Å². The van der Waals surface area contributed by atoms with Crippen molar-refractivity contribution in [2.24, 2.45) is 0 Å². The van der Waals surface area contributed by atoms with E-state index >= 15 is 0 Å². The molecule has 0 saturated carbocycles. The number of benzene rings is 2. The average molecular weight is 399 g/mol. The molecule has 0 fully saturated rings. The average Bonchev–Trinajstić information content (AvgIpc) is 2.40. The molecule has 0 aliphatic heterocycles. The summed E-state index contributed by atoms with van der Waals surface area (Å²) in [4.78, 5) is 11.8. The van der Waals surface area contributed by atoms with Gasteiger partial charge in [0.2, 0.25) is 5.91 Å². The third-order valence-electron chi connectivity index (χ3n) is 2.53. The van der Waals surface area contributed by atoms with Gasteiger partial charge in [-0.05, 0) is 64.6 Å². The lowest BCUT2D eigenvalue weighted by Crippen LogP contribution is -2.08. The van der Waals surface area contributed by atoms with E-state index < -0.39 is 0 Å². The Morgan fingerprint density at radius 2 is 2.05 bits per heavy atom. The minimum atomic E-state index is -0.201. The van der Waals surface area contributed by atoms with E-state index in [0.717, 1.165) is 14.8 Å². The molecule has 2 aromatic rings. The standard InChI is InChI=1S/C15H12ClIN2O/c16-11-5-6-14(13(17)9-11)19-15(20)7-4-10-2-1-3-12(18)8-10/h1-9H,18H2,(H,19,20)/b7-4+. The highest BCUT2D eigenvalue weighted by molar-refractivity contribution is 14.1. The zero-order valence-electron chi connectivity index (χ0n) is 10.4.